The van der Waals surface area contributed by atoms with E-state index in [2.05, 4.69) is 59.3 Å². The molecular formula is C25H36N2O2. The number of likely N-dealkylation sites (tertiary alicyclic amines) is 1. The van der Waals surface area contributed by atoms with Crippen LogP contribution in [0, 0.1) is 5.92 Å². The molecule has 1 aliphatic heterocycles. The summed E-state index contributed by atoms with van der Waals surface area (Å²) < 4.78 is 10.9. The van der Waals surface area contributed by atoms with Gasteiger partial charge in [0.05, 0.1) is 13.7 Å². The fourth-order valence-corrected chi connectivity index (χ4v) is 4.30. The molecular weight excluding hydrogens is 360 g/mol. The molecule has 2 aromatic carbocycles. The van der Waals surface area contributed by atoms with Crippen LogP contribution >= 0.6 is 0 Å². The first-order valence-corrected chi connectivity index (χ1v) is 10.9. The number of methoxy groups -OCH3 is 1. The molecule has 1 saturated heterocycles. The molecule has 1 fully saturated rings. The minimum atomic E-state index is 0.716. The predicted molar refractivity (Wildman–Crippen MR) is 120 cm³/mol. The van der Waals surface area contributed by atoms with Crippen molar-refractivity contribution in [2.24, 2.45) is 5.92 Å². The first kappa shape index (κ1) is 21.7. The third-order valence-corrected chi connectivity index (χ3v) is 5.71. The lowest BCUT2D eigenvalue weighted by atomic mass is 9.97. The van der Waals surface area contributed by atoms with Crippen LogP contribution in [0.15, 0.2) is 48.5 Å². The lowest BCUT2D eigenvalue weighted by Gasteiger charge is -2.34. The molecule has 0 aromatic heterocycles. The van der Waals surface area contributed by atoms with Gasteiger partial charge in [-0.25, -0.2) is 0 Å². The van der Waals surface area contributed by atoms with Gasteiger partial charge in [-0.3, -0.25) is 0 Å². The molecule has 4 nitrogen and oxygen atoms in total. The van der Waals surface area contributed by atoms with Gasteiger partial charge in [-0.15, -0.1) is 0 Å². The Hall–Kier alpha value is -2.04. The molecule has 0 aliphatic carbocycles. The lowest BCUT2D eigenvalue weighted by molar-refractivity contribution is 0.142. The van der Waals surface area contributed by atoms with Gasteiger partial charge < -0.3 is 19.3 Å². The Morgan fingerprint density at radius 1 is 1.07 bits per heavy atom. The van der Waals surface area contributed by atoms with E-state index in [1.807, 2.05) is 13.0 Å². The van der Waals surface area contributed by atoms with E-state index in [1.165, 1.54) is 37.1 Å². The molecule has 1 atom stereocenters. The first-order valence-electron chi connectivity index (χ1n) is 10.9. The van der Waals surface area contributed by atoms with E-state index >= 15 is 0 Å². The van der Waals surface area contributed by atoms with Crippen molar-refractivity contribution in [2.75, 3.05) is 46.9 Å². The SMILES string of the molecule is CCOc1cccc(CN(C)C[C@H]2CCCN(CCc3ccc(OC)cc3)C2)c1. The highest BCUT2D eigenvalue weighted by atomic mass is 16.5. The molecule has 0 amide bonds. The van der Waals surface area contributed by atoms with E-state index in [0.29, 0.717) is 6.61 Å². The number of benzene rings is 2. The van der Waals surface area contributed by atoms with Gasteiger partial charge in [0.15, 0.2) is 0 Å². The van der Waals surface area contributed by atoms with E-state index in [9.17, 15) is 0 Å². The molecule has 3 rings (SSSR count). The summed E-state index contributed by atoms with van der Waals surface area (Å²) in [4.78, 5) is 5.10. The van der Waals surface area contributed by atoms with Crippen LogP contribution in [0.25, 0.3) is 0 Å². The quantitative estimate of drug-likeness (QED) is 0.591. The molecule has 0 spiro atoms. The second kappa shape index (κ2) is 11.2. The normalized spacial score (nSPS) is 17.4. The molecule has 1 heterocycles. The van der Waals surface area contributed by atoms with E-state index < -0.39 is 0 Å². The Morgan fingerprint density at radius 2 is 1.90 bits per heavy atom. The molecule has 0 bridgehead atoms. The van der Waals surface area contributed by atoms with Crippen molar-refractivity contribution in [1.29, 1.82) is 0 Å². The van der Waals surface area contributed by atoms with Crippen LogP contribution in [0.2, 0.25) is 0 Å². The zero-order valence-corrected chi connectivity index (χ0v) is 18.3. The molecule has 1 aliphatic rings. The van der Waals surface area contributed by atoms with Crippen LogP contribution in [0.5, 0.6) is 11.5 Å². The average molecular weight is 397 g/mol. The highest BCUT2D eigenvalue weighted by molar-refractivity contribution is 5.28. The Labute approximate surface area is 176 Å². The number of hydrogen-bond donors (Lipinski definition) is 0. The van der Waals surface area contributed by atoms with Gasteiger partial charge in [-0.1, -0.05) is 24.3 Å². The zero-order chi connectivity index (χ0) is 20.5. The van der Waals surface area contributed by atoms with Crippen molar-refractivity contribution in [3.8, 4) is 11.5 Å². The molecule has 0 N–H and O–H groups in total. The molecule has 0 radical (unpaired) electrons. The van der Waals surface area contributed by atoms with Crippen molar-refractivity contribution in [3.05, 3.63) is 59.7 Å². The average Bonchev–Trinajstić information content (AvgIpc) is 2.73. The number of hydrogen-bond acceptors (Lipinski definition) is 4. The molecule has 2 aromatic rings. The van der Waals surface area contributed by atoms with Crippen LogP contribution in [-0.4, -0.2) is 56.7 Å². The predicted octanol–water partition coefficient (Wildman–Crippen LogP) is 4.48. The summed E-state index contributed by atoms with van der Waals surface area (Å²) in [6.45, 7) is 8.45. The Kier molecular flexibility index (Phi) is 8.38. The smallest absolute Gasteiger partial charge is 0.119 e. The highest BCUT2D eigenvalue weighted by Gasteiger charge is 2.21. The van der Waals surface area contributed by atoms with Gasteiger partial charge in [0, 0.05) is 26.2 Å². The first-order chi connectivity index (χ1) is 14.2. The summed E-state index contributed by atoms with van der Waals surface area (Å²) in [5.74, 6) is 2.65. The van der Waals surface area contributed by atoms with Gasteiger partial charge in [-0.2, -0.15) is 0 Å². The van der Waals surface area contributed by atoms with E-state index in [0.717, 1.165) is 43.5 Å². The topological polar surface area (TPSA) is 24.9 Å². The minimum absolute atomic E-state index is 0.716. The summed E-state index contributed by atoms with van der Waals surface area (Å²) in [7, 11) is 3.96. The van der Waals surface area contributed by atoms with Gasteiger partial charge in [0.25, 0.3) is 0 Å². The van der Waals surface area contributed by atoms with Gasteiger partial charge in [0.1, 0.15) is 11.5 Å². The van der Waals surface area contributed by atoms with Gasteiger partial charge in [-0.05, 0) is 81.1 Å². The lowest BCUT2D eigenvalue weighted by Crippen LogP contribution is -2.40. The second-order valence-corrected chi connectivity index (χ2v) is 8.18. The third-order valence-electron chi connectivity index (χ3n) is 5.71. The van der Waals surface area contributed by atoms with Crippen LogP contribution in [0.3, 0.4) is 0 Å². The van der Waals surface area contributed by atoms with Crippen molar-refractivity contribution in [1.82, 2.24) is 9.80 Å². The number of rotatable bonds is 10. The van der Waals surface area contributed by atoms with Crippen molar-refractivity contribution < 1.29 is 9.47 Å². The van der Waals surface area contributed by atoms with Crippen LogP contribution in [0.4, 0.5) is 0 Å². The summed E-state index contributed by atoms with van der Waals surface area (Å²) in [5, 5.41) is 0. The maximum absolute atomic E-state index is 5.64. The fraction of sp³-hybridized carbons (Fsp3) is 0.520. The van der Waals surface area contributed by atoms with Crippen LogP contribution in [0.1, 0.15) is 30.9 Å². The zero-order valence-electron chi connectivity index (χ0n) is 18.3. The summed E-state index contributed by atoms with van der Waals surface area (Å²) in [5.41, 5.74) is 2.71. The maximum atomic E-state index is 5.64. The fourth-order valence-electron chi connectivity index (χ4n) is 4.30. The van der Waals surface area contributed by atoms with E-state index in [4.69, 9.17) is 9.47 Å². The Morgan fingerprint density at radius 3 is 2.66 bits per heavy atom. The second-order valence-electron chi connectivity index (χ2n) is 8.18. The van der Waals surface area contributed by atoms with Gasteiger partial charge in [0.2, 0.25) is 0 Å². The Balaban J connectivity index is 1.44. The summed E-state index contributed by atoms with van der Waals surface area (Å²) in [6, 6.07) is 17.0. The highest BCUT2D eigenvalue weighted by Crippen LogP contribution is 2.20. The van der Waals surface area contributed by atoms with Crippen molar-refractivity contribution in [2.45, 2.75) is 32.7 Å². The Bertz CT molecular complexity index is 732. The largest absolute Gasteiger partial charge is 0.497 e. The number of ether oxygens (including phenoxy) is 2. The molecule has 29 heavy (non-hydrogen) atoms. The summed E-state index contributed by atoms with van der Waals surface area (Å²) >= 11 is 0. The van der Waals surface area contributed by atoms with E-state index in [1.54, 1.807) is 7.11 Å². The number of nitrogens with zero attached hydrogens (tertiary/aromatic N) is 2. The monoisotopic (exact) mass is 396 g/mol. The minimum Gasteiger partial charge on any atom is -0.497 e. The van der Waals surface area contributed by atoms with Crippen LogP contribution < -0.4 is 9.47 Å². The standard InChI is InChI=1S/C25H36N2O2/c1-4-29-25-9-5-7-22(17-25)18-26(2)19-23-8-6-15-27(20-23)16-14-21-10-12-24(28-3)13-11-21/h5,7,9-13,17,23H,4,6,8,14-16,18-20H2,1-3H3/t23-/m1/s1. The van der Waals surface area contributed by atoms with Crippen LogP contribution in [-0.2, 0) is 13.0 Å². The molecule has 0 saturated carbocycles. The van der Waals surface area contributed by atoms with Crippen molar-refractivity contribution in [3.63, 3.8) is 0 Å². The molecule has 158 valence electrons. The van der Waals surface area contributed by atoms with Gasteiger partial charge >= 0.3 is 0 Å². The third kappa shape index (κ3) is 7.06. The van der Waals surface area contributed by atoms with E-state index in [-0.39, 0.29) is 0 Å². The molecule has 0 unspecified atom stereocenters. The summed E-state index contributed by atoms with van der Waals surface area (Å²) in [6.07, 6.45) is 3.75. The van der Waals surface area contributed by atoms with Crippen molar-refractivity contribution >= 4 is 0 Å². The molecule has 4 heteroatoms. The maximum Gasteiger partial charge on any atom is 0.119 e. The number of piperidine rings is 1.